The minimum Gasteiger partial charge on any atom is -0.454 e. The van der Waals surface area contributed by atoms with E-state index in [1.807, 2.05) is 48.2 Å². The molecule has 2 aliphatic rings. The summed E-state index contributed by atoms with van der Waals surface area (Å²) in [6.45, 7) is 3.30. The monoisotopic (exact) mass is 493 g/mol. The van der Waals surface area contributed by atoms with Gasteiger partial charge in [0.25, 0.3) is 0 Å². The first-order valence-corrected chi connectivity index (χ1v) is 13.2. The van der Waals surface area contributed by atoms with E-state index in [1.54, 1.807) is 18.3 Å². The highest BCUT2D eigenvalue weighted by Gasteiger charge is 2.25. The molecule has 9 heteroatoms. The Morgan fingerprint density at radius 2 is 1.89 bits per heavy atom. The maximum absolute atomic E-state index is 13.0. The van der Waals surface area contributed by atoms with Crippen LogP contribution in [0.2, 0.25) is 0 Å². The van der Waals surface area contributed by atoms with E-state index in [2.05, 4.69) is 9.71 Å². The van der Waals surface area contributed by atoms with Crippen molar-refractivity contribution in [2.75, 3.05) is 13.3 Å². The molecule has 0 spiro atoms. The number of nitrogens with one attached hydrogen (secondary N) is 1. The van der Waals surface area contributed by atoms with Gasteiger partial charge in [0.2, 0.25) is 22.7 Å². The van der Waals surface area contributed by atoms with Gasteiger partial charge in [-0.25, -0.2) is 13.1 Å². The molecule has 0 bridgehead atoms. The van der Waals surface area contributed by atoms with E-state index < -0.39 is 10.0 Å². The van der Waals surface area contributed by atoms with Crippen LogP contribution in [0, 0.1) is 6.92 Å². The topological polar surface area (TPSA) is 97.8 Å². The first-order chi connectivity index (χ1) is 16.9. The van der Waals surface area contributed by atoms with E-state index in [9.17, 15) is 13.2 Å². The van der Waals surface area contributed by atoms with Crippen LogP contribution in [0.25, 0.3) is 0 Å². The summed E-state index contributed by atoms with van der Waals surface area (Å²) in [5.74, 6) is 1.32. The van der Waals surface area contributed by atoms with Crippen LogP contribution in [-0.2, 0) is 46.5 Å². The van der Waals surface area contributed by atoms with Crippen molar-refractivity contribution in [2.45, 2.75) is 38.6 Å². The van der Waals surface area contributed by atoms with Gasteiger partial charge in [-0.2, -0.15) is 0 Å². The maximum atomic E-state index is 13.0. The maximum Gasteiger partial charge on any atom is 0.231 e. The molecule has 182 valence electrons. The zero-order valence-electron chi connectivity index (χ0n) is 19.5. The van der Waals surface area contributed by atoms with Crippen LogP contribution in [0.4, 0.5) is 0 Å². The number of amides is 1. The van der Waals surface area contributed by atoms with Gasteiger partial charge in [-0.1, -0.05) is 36.4 Å². The highest BCUT2D eigenvalue weighted by molar-refractivity contribution is 7.88. The number of hydrogen-bond donors (Lipinski definition) is 1. The molecule has 0 saturated heterocycles. The Hall–Kier alpha value is -3.43. The van der Waals surface area contributed by atoms with Crippen molar-refractivity contribution in [3.8, 4) is 11.5 Å². The molecule has 0 saturated carbocycles. The lowest BCUT2D eigenvalue weighted by Crippen LogP contribution is -2.38. The number of sulfonamides is 1. The van der Waals surface area contributed by atoms with Gasteiger partial charge >= 0.3 is 0 Å². The third kappa shape index (κ3) is 5.31. The lowest BCUT2D eigenvalue weighted by molar-refractivity contribution is -0.131. The van der Waals surface area contributed by atoms with Crippen molar-refractivity contribution in [3.05, 3.63) is 88.2 Å². The lowest BCUT2D eigenvalue weighted by atomic mass is 9.94. The van der Waals surface area contributed by atoms with Crippen LogP contribution < -0.4 is 14.2 Å². The zero-order chi connectivity index (χ0) is 24.4. The molecule has 35 heavy (non-hydrogen) atoms. The first-order valence-electron chi connectivity index (χ1n) is 11.5. The summed E-state index contributed by atoms with van der Waals surface area (Å²) in [6.07, 6.45) is 2.73. The fourth-order valence-electron chi connectivity index (χ4n) is 4.53. The number of pyridine rings is 1. The van der Waals surface area contributed by atoms with Crippen LogP contribution in [0.15, 0.2) is 54.7 Å². The van der Waals surface area contributed by atoms with Crippen molar-refractivity contribution in [1.82, 2.24) is 14.6 Å². The second-order valence-corrected chi connectivity index (χ2v) is 10.6. The molecule has 0 radical (unpaired) electrons. The van der Waals surface area contributed by atoms with Gasteiger partial charge < -0.3 is 14.4 Å². The molecular weight excluding hydrogens is 466 g/mol. The Balaban J connectivity index is 1.25. The molecule has 0 unspecified atom stereocenters. The third-order valence-corrected chi connectivity index (χ3v) is 7.71. The summed E-state index contributed by atoms with van der Waals surface area (Å²) in [5, 5.41) is 0. The smallest absolute Gasteiger partial charge is 0.231 e. The van der Waals surface area contributed by atoms with Crippen LogP contribution in [0.1, 0.15) is 33.5 Å². The number of benzene rings is 2. The number of hydrogen-bond acceptors (Lipinski definition) is 6. The van der Waals surface area contributed by atoms with E-state index in [1.165, 1.54) is 0 Å². The Kier molecular flexibility index (Phi) is 6.44. The minimum atomic E-state index is -3.50. The van der Waals surface area contributed by atoms with Gasteiger partial charge in [-0.3, -0.25) is 9.78 Å². The molecule has 1 aromatic heterocycles. The number of ether oxygens (including phenoxy) is 2. The number of nitrogens with zero attached hydrogens (tertiary/aromatic N) is 2. The normalized spacial score (nSPS) is 14.6. The molecule has 5 rings (SSSR count). The number of carbonyl (C=O) groups is 1. The Morgan fingerprint density at radius 1 is 1.09 bits per heavy atom. The van der Waals surface area contributed by atoms with E-state index in [0.29, 0.717) is 31.0 Å². The summed E-state index contributed by atoms with van der Waals surface area (Å²) in [7, 11) is -3.50. The number of aryl methyl sites for hydroxylation is 1. The molecule has 1 amide bonds. The van der Waals surface area contributed by atoms with E-state index in [0.717, 1.165) is 33.5 Å². The van der Waals surface area contributed by atoms with E-state index in [-0.39, 0.29) is 31.4 Å². The number of aromatic nitrogens is 1. The molecule has 1 N–H and O–H groups in total. The van der Waals surface area contributed by atoms with Crippen molar-refractivity contribution in [1.29, 1.82) is 0 Å². The second-order valence-electron chi connectivity index (χ2n) is 8.82. The van der Waals surface area contributed by atoms with Crippen molar-refractivity contribution in [3.63, 3.8) is 0 Å². The van der Waals surface area contributed by atoms with E-state index >= 15 is 0 Å². The third-order valence-electron chi connectivity index (χ3n) is 6.41. The Morgan fingerprint density at radius 3 is 2.71 bits per heavy atom. The lowest BCUT2D eigenvalue weighted by Gasteiger charge is -2.30. The number of fused-ring (bicyclic) bond motifs is 2. The van der Waals surface area contributed by atoms with Gasteiger partial charge in [0.1, 0.15) is 0 Å². The van der Waals surface area contributed by atoms with Gasteiger partial charge in [0.05, 0.1) is 12.2 Å². The SMILES string of the molecule is Cc1ncc2c(c1CNS(=O)(=O)Cc1ccccc1)CCN(C(=O)Cc1ccc3c(c1)OCO3)C2. The summed E-state index contributed by atoms with van der Waals surface area (Å²) >= 11 is 0. The summed E-state index contributed by atoms with van der Waals surface area (Å²) in [4.78, 5) is 19.3. The van der Waals surface area contributed by atoms with Gasteiger partial charge in [-0.15, -0.1) is 0 Å². The molecule has 0 atom stereocenters. The van der Waals surface area contributed by atoms with E-state index in [4.69, 9.17) is 9.47 Å². The largest absolute Gasteiger partial charge is 0.454 e. The first kappa shape index (κ1) is 23.3. The molecule has 2 aliphatic heterocycles. The summed E-state index contributed by atoms with van der Waals surface area (Å²) in [6, 6.07) is 14.7. The fourth-order valence-corrected chi connectivity index (χ4v) is 5.63. The Labute approximate surface area is 204 Å². The molecule has 8 nitrogen and oxygen atoms in total. The molecule has 3 aromatic rings. The van der Waals surface area contributed by atoms with Crippen LogP contribution in [0.5, 0.6) is 11.5 Å². The highest BCUT2D eigenvalue weighted by Crippen LogP contribution is 2.33. The second kappa shape index (κ2) is 9.67. The fraction of sp³-hybridized carbons (Fsp3) is 0.308. The van der Waals surface area contributed by atoms with Crippen molar-refractivity contribution in [2.24, 2.45) is 0 Å². The zero-order valence-corrected chi connectivity index (χ0v) is 20.3. The molecule has 0 aliphatic carbocycles. The number of rotatable bonds is 7. The standard InChI is InChI=1S/C26H27N3O5S/c1-18-23(14-28-35(31,32)16-19-5-3-2-4-6-19)22-9-10-29(15-21(22)13-27-18)26(30)12-20-7-8-24-25(11-20)34-17-33-24/h2-8,11,13,28H,9-10,12,14-17H2,1H3. The van der Waals surface area contributed by atoms with Gasteiger partial charge in [0.15, 0.2) is 11.5 Å². The minimum absolute atomic E-state index is 0.0280. The van der Waals surface area contributed by atoms with Crippen molar-refractivity contribution < 1.29 is 22.7 Å². The van der Waals surface area contributed by atoms with Crippen molar-refractivity contribution >= 4 is 15.9 Å². The van der Waals surface area contributed by atoms with Crippen LogP contribution >= 0.6 is 0 Å². The predicted molar refractivity (Wildman–Crippen MR) is 130 cm³/mol. The average Bonchev–Trinajstić information content (AvgIpc) is 3.31. The van der Waals surface area contributed by atoms with Crippen LogP contribution in [0.3, 0.4) is 0 Å². The van der Waals surface area contributed by atoms with Gasteiger partial charge in [-0.05, 0) is 53.3 Å². The predicted octanol–water partition coefficient (Wildman–Crippen LogP) is 2.87. The molecule has 3 heterocycles. The number of carbonyl (C=O) groups excluding carboxylic acids is 1. The molecule has 2 aromatic carbocycles. The van der Waals surface area contributed by atoms with Crippen LogP contribution in [-0.4, -0.2) is 37.5 Å². The summed E-state index contributed by atoms with van der Waals surface area (Å²) < 4.78 is 38.8. The molecule has 0 fully saturated rings. The highest BCUT2D eigenvalue weighted by atomic mass is 32.2. The quantitative estimate of drug-likeness (QED) is 0.544. The summed E-state index contributed by atoms with van der Waals surface area (Å²) in [5.41, 5.74) is 5.33. The average molecular weight is 494 g/mol. The molecular formula is C26H27N3O5S. The van der Waals surface area contributed by atoms with Gasteiger partial charge in [0, 0.05) is 31.5 Å². The Bertz CT molecular complexity index is 1360.